The number of halogens is 2. The summed E-state index contributed by atoms with van der Waals surface area (Å²) in [4.78, 5) is 23.8. The molecule has 1 N–H and O–H groups in total. The lowest BCUT2D eigenvalue weighted by molar-refractivity contribution is -0.0514. The minimum Gasteiger partial charge on any atom is -0.507 e. The van der Waals surface area contributed by atoms with Crippen LogP contribution in [-0.2, 0) is 0 Å². The third-order valence-electron chi connectivity index (χ3n) is 3.21. The Morgan fingerprint density at radius 3 is 2.65 bits per heavy atom. The van der Waals surface area contributed by atoms with Gasteiger partial charge in [-0.1, -0.05) is 12.1 Å². The number of carbonyl (C=O) groups excluding carboxylic acids is 1. The first kappa shape index (κ1) is 19.2. The summed E-state index contributed by atoms with van der Waals surface area (Å²) < 4.78 is 39.2. The number of aryl methyl sites for hydroxylation is 1. The van der Waals surface area contributed by atoms with Crippen LogP contribution in [0, 0.1) is 6.92 Å². The summed E-state index contributed by atoms with van der Waals surface area (Å²) in [7, 11) is 0. The Kier molecular flexibility index (Phi) is 6.11. The molecule has 8 heteroatoms. The molecule has 0 unspecified atom stereocenters. The minimum atomic E-state index is -3.00. The van der Waals surface area contributed by atoms with Crippen molar-refractivity contribution in [2.45, 2.75) is 20.5 Å². The molecule has 26 heavy (non-hydrogen) atoms. The summed E-state index contributed by atoms with van der Waals surface area (Å²) in [5, 5.41) is 9.75. The summed E-state index contributed by atoms with van der Waals surface area (Å²) in [6, 6.07) is 5.27. The first-order valence-corrected chi connectivity index (χ1v) is 7.59. The van der Waals surface area contributed by atoms with Gasteiger partial charge in [0.25, 0.3) is 0 Å². The molecule has 2 rings (SSSR count). The molecule has 2 aromatic rings. The topological polar surface area (TPSA) is 86.0 Å². The van der Waals surface area contributed by atoms with Crippen LogP contribution in [0.4, 0.5) is 8.78 Å². The fraction of sp³-hybridized carbons (Fsp3) is 0.222. The molecule has 6 nitrogen and oxygen atoms in total. The summed E-state index contributed by atoms with van der Waals surface area (Å²) in [5.74, 6) is -1.13. The lowest BCUT2D eigenvalue weighted by atomic mass is 10.1. The lowest BCUT2D eigenvalue weighted by Crippen LogP contribution is -2.12. The molecule has 0 aliphatic heterocycles. The number of ketones is 1. The van der Waals surface area contributed by atoms with E-state index in [0.29, 0.717) is 5.56 Å². The van der Waals surface area contributed by atoms with Gasteiger partial charge < -0.3 is 19.0 Å². The highest BCUT2D eigenvalue weighted by atomic mass is 19.3. The fourth-order valence-electron chi connectivity index (χ4n) is 2.17. The van der Waals surface area contributed by atoms with Crippen LogP contribution < -0.4 is 15.1 Å². The fourth-order valence-corrected chi connectivity index (χ4v) is 2.17. The Morgan fingerprint density at radius 1 is 1.31 bits per heavy atom. The van der Waals surface area contributed by atoms with E-state index in [9.17, 15) is 23.5 Å². The van der Waals surface area contributed by atoms with E-state index in [2.05, 4.69) is 4.74 Å². The Bertz CT molecular complexity index is 886. The van der Waals surface area contributed by atoms with E-state index >= 15 is 0 Å². The smallest absolute Gasteiger partial charge is 0.387 e. The summed E-state index contributed by atoms with van der Waals surface area (Å²) in [5.41, 5.74) is -0.998. The van der Waals surface area contributed by atoms with Crippen molar-refractivity contribution in [1.82, 2.24) is 0 Å². The van der Waals surface area contributed by atoms with Gasteiger partial charge in [-0.2, -0.15) is 8.78 Å². The second-order valence-corrected chi connectivity index (χ2v) is 5.12. The molecule has 0 spiro atoms. The van der Waals surface area contributed by atoms with E-state index in [1.165, 1.54) is 31.2 Å². The van der Waals surface area contributed by atoms with E-state index in [1.807, 2.05) is 0 Å². The molecule has 0 radical (unpaired) electrons. The number of ether oxygens (including phenoxy) is 2. The molecule has 0 aliphatic rings. The van der Waals surface area contributed by atoms with Gasteiger partial charge in [-0.3, -0.25) is 4.79 Å². The van der Waals surface area contributed by atoms with Crippen molar-refractivity contribution in [3.63, 3.8) is 0 Å². The molecule has 1 aromatic heterocycles. The van der Waals surface area contributed by atoms with E-state index in [-0.39, 0.29) is 23.9 Å². The SMILES string of the molecule is CCOc1cc(/C=C/C(=O)c2c(O)cc(C)oc2=O)ccc1OC(F)F. The molecule has 0 atom stereocenters. The monoisotopic (exact) mass is 366 g/mol. The maximum Gasteiger partial charge on any atom is 0.387 e. The van der Waals surface area contributed by atoms with E-state index in [0.717, 1.165) is 12.1 Å². The second-order valence-electron chi connectivity index (χ2n) is 5.12. The predicted octanol–water partition coefficient (Wildman–Crippen LogP) is 3.55. The molecule has 0 saturated heterocycles. The summed E-state index contributed by atoms with van der Waals surface area (Å²) in [6.07, 6.45) is 2.40. The molecular formula is C18H16F2O6. The summed E-state index contributed by atoms with van der Waals surface area (Å²) in [6.45, 7) is 0.367. The minimum absolute atomic E-state index is 0.0834. The third kappa shape index (κ3) is 4.69. The van der Waals surface area contributed by atoms with Crippen LogP contribution in [0.3, 0.4) is 0 Å². The number of alkyl halides is 2. The van der Waals surface area contributed by atoms with Gasteiger partial charge in [-0.15, -0.1) is 0 Å². The Balaban J connectivity index is 2.28. The average molecular weight is 366 g/mol. The molecule has 1 heterocycles. The van der Waals surface area contributed by atoms with Crippen LogP contribution in [0.25, 0.3) is 6.08 Å². The normalized spacial score (nSPS) is 11.1. The maximum absolute atomic E-state index is 12.4. The van der Waals surface area contributed by atoms with E-state index in [1.54, 1.807) is 6.92 Å². The zero-order chi connectivity index (χ0) is 19.3. The molecule has 0 bridgehead atoms. The van der Waals surface area contributed by atoms with Gasteiger partial charge in [-0.05, 0) is 37.6 Å². The van der Waals surface area contributed by atoms with E-state index < -0.39 is 29.3 Å². The Hall–Kier alpha value is -3.16. The maximum atomic E-state index is 12.4. The van der Waals surface area contributed by atoms with Gasteiger partial charge in [0.1, 0.15) is 17.1 Å². The second kappa shape index (κ2) is 8.28. The number of rotatable bonds is 7. The predicted molar refractivity (Wildman–Crippen MR) is 89.0 cm³/mol. The van der Waals surface area contributed by atoms with Crippen molar-refractivity contribution in [3.8, 4) is 17.2 Å². The van der Waals surface area contributed by atoms with Crippen LogP contribution in [0.5, 0.6) is 17.2 Å². The van der Waals surface area contributed by atoms with Crippen LogP contribution >= 0.6 is 0 Å². The molecule has 138 valence electrons. The van der Waals surface area contributed by atoms with Crippen LogP contribution in [-0.4, -0.2) is 24.1 Å². The standard InChI is InChI=1S/C18H16F2O6/c1-3-24-15-9-11(5-7-14(15)26-18(19)20)4-6-12(21)16-13(22)8-10(2)25-17(16)23/h4-9,18,22H,3H2,1-2H3/b6-4+. The van der Waals surface area contributed by atoms with Crippen LogP contribution in [0.1, 0.15) is 28.6 Å². The van der Waals surface area contributed by atoms with Crippen molar-refractivity contribution in [2.24, 2.45) is 0 Å². The van der Waals surface area contributed by atoms with Gasteiger partial charge in [0.2, 0.25) is 0 Å². The summed E-state index contributed by atoms with van der Waals surface area (Å²) >= 11 is 0. The Morgan fingerprint density at radius 2 is 2.04 bits per heavy atom. The van der Waals surface area contributed by atoms with Crippen LogP contribution in [0.2, 0.25) is 0 Å². The average Bonchev–Trinajstić information content (AvgIpc) is 2.54. The Labute approximate surface area is 147 Å². The quantitative estimate of drug-likeness (QED) is 0.596. The first-order chi connectivity index (χ1) is 12.3. The molecule has 0 aliphatic carbocycles. The van der Waals surface area contributed by atoms with Gasteiger partial charge in [-0.25, -0.2) is 4.79 Å². The highest BCUT2D eigenvalue weighted by Crippen LogP contribution is 2.30. The number of benzene rings is 1. The van der Waals surface area contributed by atoms with Crippen molar-refractivity contribution in [2.75, 3.05) is 6.61 Å². The zero-order valence-electron chi connectivity index (χ0n) is 14.0. The van der Waals surface area contributed by atoms with Gasteiger partial charge >= 0.3 is 12.2 Å². The zero-order valence-corrected chi connectivity index (χ0v) is 14.0. The van der Waals surface area contributed by atoms with Crippen molar-refractivity contribution < 1.29 is 32.6 Å². The third-order valence-corrected chi connectivity index (χ3v) is 3.21. The van der Waals surface area contributed by atoms with Gasteiger partial charge in [0.15, 0.2) is 17.3 Å². The van der Waals surface area contributed by atoms with Crippen molar-refractivity contribution >= 4 is 11.9 Å². The molecular weight excluding hydrogens is 350 g/mol. The molecule has 0 amide bonds. The van der Waals surface area contributed by atoms with Gasteiger partial charge in [0.05, 0.1) is 6.61 Å². The molecule has 0 saturated carbocycles. The number of aromatic hydroxyl groups is 1. The highest BCUT2D eigenvalue weighted by Gasteiger charge is 2.16. The highest BCUT2D eigenvalue weighted by molar-refractivity contribution is 6.08. The van der Waals surface area contributed by atoms with Gasteiger partial charge in [0, 0.05) is 6.07 Å². The number of carbonyl (C=O) groups is 1. The van der Waals surface area contributed by atoms with E-state index in [4.69, 9.17) is 9.15 Å². The number of hydrogen-bond acceptors (Lipinski definition) is 6. The van der Waals surface area contributed by atoms with Crippen LogP contribution in [0.15, 0.2) is 39.6 Å². The lowest BCUT2D eigenvalue weighted by Gasteiger charge is -2.11. The first-order valence-electron chi connectivity index (χ1n) is 7.59. The molecule has 0 fully saturated rings. The van der Waals surface area contributed by atoms with Crippen molar-refractivity contribution in [1.29, 1.82) is 0 Å². The number of allylic oxidation sites excluding steroid dienone is 1. The number of hydrogen-bond donors (Lipinski definition) is 1. The largest absolute Gasteiger partial charge is 0.507 e. The molecule has 1 aromatic carbocycles. The van der Waals surface area contributed by atoms with Crippen molar-refractivity contribution in [3.05, 3.63) is 57.6 Å².